The minimum atomic E-state index is 0.412. The van der Waals surface area contributed by atoms with E-state index in [1.54, 1.807) is 0 Å². The Kier molecular flexibility index (Phi) is 1.91. The van der Waals surface area contributed by atoms with Gasteiger partial charge in [0.2, 0.25) is 0 Å². The molecule has 1 atom stereocenters. The maximum absolute atomic E-state index is 5.72. The SMILES string of the molecule is CCC1=NN2c3ccccc3OCC2C1. The summed E-state index contributed by atoms with van der Waals surface area (Å²) in [4.78, 5) is 0. The first-order valence-electron chi connectivity index (χ1n) is 5.46. The van der Waals surface area contributed by atoms with Gasteiger partial charge in [-0.3, -0.25) is 5.01 Å². The van der Waals surface area contributed by atoms with Crippen LogP contribution in [0.2, 0.25) is 0 Å². The largest absolute Gasteiger partial charge is 0.489 e. The molecule has 78 valence electrons. The number of para-hydroxylation sites is 2. The third-order valence-corrected chi connectivity index (χ3v) is 3.02. The van der Waals surface area contributed by atoms with Gasteiger partial charge < -0.3 is 4.74 Å². The number of nitrogens with zero attached hydrogens (tertiary/aromatic N) is 2. The number of hydrazone groups is 1. The molecule has 3 rings (SSSR count). The van der Waals surface area contributed by atoms with Crippen LogP contribution in [-0.4, -0.2) is 18.4 Å². The summed E-state index contributed by atoms with van der Waals surface area (Å²) in [5, 5.41) is 6.76. The molecule has 0 fully saturated rings. The van der Waals surface area contributed by atoms with Crippen LogP contribution in [-0.2, 0) is 0 Å². The minimum Gasteiger partial charge on any atom is -0.489 e. The molecule has 0 aliphatic carbocycles. The van der Waals surface area contributed by atoms with Crippen LogP contribution in [0.4, 0.5) is 5.69 Å². The Morgan fingerprint density at radius 3 is 3.20 bits per heavy atom. The quantitative estimate of drug-likeness (QED) is 0.698. The van der Waals surface area contributed by atoms with Gasteiger partial charge in [0.25, 0.3) is 0 Å². The molecule has 2 heterocycles. The number of rotatable bonds is 1. The van der Waals surface area contributed by atoms with Crippen molar-refractivity contribution in [3.05, 3.63) is 24.3 Å². The molecule has 0 spiro atoms. The highest BCUT2D eigenvalue weighted by Gasteiger charge is 2.32. The van der Waals surface area contributed by atoms with Crippen molar-refractivity contribution in [2.75, 3.05) is 11.6 Å². The molecule has 2 aliphatic rings. The third-order valence-electron chi connectivity index (χ3n) is 3.02. The van der Waals surface area contributed by atoms with Gasteiger partial charge in [-0.25, -0.2) is 0 Å². The lowest BCUT2D eigenvalue weighted by molar-refractivity contribution is 0.271. The first-order valence-corrected chi connectivity index (χ1v) is 5.46. The lowest BCUT2D eigenvalue weighted by Crippen LogP contribution is -2.36. The second kappa shape index (κ2) is 3.26. The molecule has 3 nitrogen and oxygen atoms in total. The molecule has 0 bridgehead atoms. The highest BCUT2D eigenvalue weighted by molar-refractivity contribution is 5.89. The number of hydrogen-bond donors (Lipinski definition) is 0. The summed E-state index contributed by atoms with van der Waals surface area (Å²) in [6, 6.07) is 8.52. The topological polar surface area (TPSA) is 24.8 Å². The summed E-state index contributed by atoms with van der Waals surface area (Å²) in [6.45, 7) is 2.91. The normalized spacial score (nSPS) is 22.9. The minimum absolute atomic E-state index is 0.412. The second-order valence-corrected chi connectivity index (χ2v) is 4.00. The predicted molar refractivity (Wildman–Crippen MR) is 60.5 cm³/mol. The molecule has 1 aromatic rings. The molecule has 0 amide bonds. The van der Waals surface area contributed by atoms with Crippen molar-refractivity contribution in [2.45, 2.75) is 25.8 Å². The average Bonchev–Trinajstić information content (AvgIpc) is 2.72. The molecule has 0 saturated carbocycles. The summed E-state index contributed by atoms with van der Waals surface area (Å²) in [7, 11) is 0. The average molecular weight is 202 g/mol. The summed E-state index contributed by atoms with van der Waals surface area (Å²) in [5.74, 6) is 0.954. The molecule has 1 unspecified atom stereocenters. The Morgan fingerprint density at radius 2 is 2.33 bits per heavy atom. The zero-order valence-electron chi connectivity index (χ0n) is 8.81. The summed E-state index contributed by atoms with van der Waals surface area (Å²) in [5.41, 5.74) is 2.39. The Morgan fingerprint density at radius 1 is 1.47 bits per heavy atom. The summed E-state index contributed by atoms with van der Waals surface area (Å²) in [6.07, 6.45) is 2.08. The van der Waals surface area contributed by atoms with Crippen molar-refractivity contribution in [3.63, 3.8) is 0 Å². The number of benzene rings is 1. The number of hydrogen-bond acceptors (Lipinski definition) is 3. The molecular weight excluding hydrogens is 188 g/mol. The molecule has 0 N–H and O–H groups in total. The zero-order valence-corrected chi connectivity index (χ0v) is 8.81. The van der Waals surface area contributed by atoms with Gasteiger partial charge in [-0.2, -0.15) is 5.10 Å². The van der Waals surface area contributed by atoms with Gasteiger partial charge in [0.05, 0.1) is 6.04 Å². The van der Waals surface area contributed by atoms with E-state index in [0.29, 0.717) is 6.04 Å². The van der Waals surface area contributed by atoms with Crippen LogP contribution in [0.15, 0.2) is 29.4 Å². The van der Waals surface area contributed by atoms with Gasteiger partial charge in [0.1, 0.15) is 18.0 Å². The van der Waals surface area contributed by atoms with Crippen LogP contribution in [0, 0.1) is 0 Å². The van der Waals surface area contributed by atoms with Gasteiger partial charge in [-0.15, -0.1) is 0 Å². The first-order chi connectivity index (χ1) is 7.38. The van der Waals surface area contributed by atoms with Gasteiger partial charge in [0, 0.05) is 12.1 Å². The van der Waals surface area contributed by atoms with Crippen LogP contribution >= 0.6 is 0 Å². The van der Waals surface area contributed by atoms with E-state index >= 15 is 0 Å². The monoisotopic (exact) mass is 202 g/mol. The third kappa shape index (κ3) is 1.30. The smallest absolute Gasteiger partial charge is 0.144 e. The van der Waals surface area contributed by atoms with Crippen molar-refractivity contribution in [3.8, 4) is 5.75 Å². The van der Waals surface area contributed by atoms with Crippen LogP contribution in [0.5, 0.6) is 5.75 Å². The lowest BCUT2D eigenvalue weighted by Gasteiger charge is -2.30. The van der Waals surface area contributed by atoms with Gasteiger partial charge in [-0.05, 0) is 18.6 Å². The second-order valence-electron chi connectivity index (χ2n) is 4.00. The molecule has 1 aromatic carbocycles. The van der Waals surface area contributed by atoms with Crippen molar-refractivity contribution in [1.82, 2.24) is 0 Å². The van der Waals surface area contributed by atoms with E-state index in [0.717, 1.165) is 30.9 Å². The number of fused-ring (bicyclic) bond motifs is 3. The van der Waals surface area contributed by atoms with Crippen molar-refractivity contribution < 1.29 is 4.74 Å². The Labute approximate surface area is 89.3 Å². The maximum Gasteiger partial charge on any atom is 0.144 e. The molecule has 0 aromatic heterocycles. The van der Waals surface area contributed by atoms with E-state index in [1.165, 1.54) is 5.71 Å². The fraction of sp³-hybridized carbons (Fsp3) is 0.417. The highest BCUT2D eigenvalue weighted by atomic mass is 16.5. The van der Waals surface area contributed by atoms with E-state index in [2.05, 4.69) is 23.1 Å². The van der Waals surface area contributed by atoms with Crippen molar-refractivity contribution in [2.24, 2.45) is 5.10 Å². The first kappa shape index (κ1) is 8.77. The standard InChI is InChI=1S/C12H14N2O/c1-2-9-7-10-8-15-12-6-4-3-5-11(12)14(10)13-9/h3-6,10H,2,7-8H2,1H3. The fourth-order valence-corrected chi connectivity index (χ4v) is 2.18. The van der Waals surface area contributed by atoms with Crippen molar-refractivity contribution in [1.29, 1.82) is 0 Å². The predicted octanol–water partition coefficient (Wildman–Crippen LogP) is 2.42. The Bertz CT molecular complexity index is 414. The van der Waals surface area contributed by atoms with E-state index in [1.807, 2.05) is 18.2 Å². The number of anilines is 1. The van der Waals surface area contributed by atoms with E-state index < -0.39 is 0 Å². The Balaban J connectivity index is 2.01. The number of ether oxygens (including phenoxy) is 1. The van der Waals surface area contributed by atoms with E-state index in [-0.39, 0.29) is 0 Å². The Hall–Kier alpha value is -1.51. The molecule has 3 heteroatoms. The molecule has 0 radical (unpaired) electrons. The van der Waals surface area contributed by atoms with Crippen molar-refractivity contribution >= 4 is 11.4 Å². The fourth-order valence-electron chi connectivity index (χ4n) is 2.18. The van der Waals surface area contributed by atoms with Gasteiger partial charge in [-0.1, -0.05) is 19.1 Å². The molecule has 0 saturated heterocycles. The van der Waals surface area contributed by atoms with Crippen LogP contribution in [0.25, 0.3) is 0 Å². The highest BCUT2D eigenvalue weighted by Crippen LogP contribution is 2.37. The zero-order chi connectivity index (χ0) is 10.3. The van der Waals surface area contributed by atoms with E-state index in [9.17, 15) is 0 Å². The molecular formula is C12H14N2O. The van der Waals surface area contributed by atoms with Crippen LogP contribution in [0.3, 0.4) is 0 Å². The molecule has 2 aliphatic heterocycles. The molecule has 15 heavy (non-hydrogen) atoms. The summed E-state index contributed by atoms with van der Waals surface area (Å²) < 4.78 is 5.72. The van der Waals surface area contributed by atoms with Crippen LogP contribution in [0.1, 0.15) is 19.8 Å². The maximum atomic E-state index is 5.72. The van der Waals surface area contributed by atoms with Crippen LogP contribution < -0.4 is 9.75 Å². The van der Waals surface area contributed by atoms with Gasteiger partial charge in [0.15, 0.2) is 0 Å². The van der Waals surface area contributed by atoms with E-state index in [4.69, 9.17) is 4.74 Å². The lowest BCUT2D eigenvalue weighted by atomic mass is 10.1. The summed E-state index contributed by atoms with van der Waals surface area (Å²) >= 11 is 0. The van der Waals surface area contributed by atoms with Gasteiger partial charge >= 0.3 is 0 Å².